The summed E-state index contributed by atoms with van der Waals surface area (Å²) in [6.07, 6.45) is 0. The molecule has 1 heterocycles. The van der Waals surface area contributed by atoms with Gasteiger partial charge in [0, 0.05) is 24.2 Å². The van der Waals surface area contributed by atoms with Gasteiger partial charge in [-0.3, -0.25) is 4.79 Å². The molecule has 0 spiro atoms. The van der Waals surface area contributed by atoms with E-state index in [0.29, 0.717) is 12.3 Å². The largest absolute Gasteiger partial charge is 0.399 e. The SMILES string of the molecule is Cc1cc(N)ccc1SCC(=O)N(C)Cc1ccsc1. The third kappa shape index (κ3) is 4.02. The van der Waals surface area contributed by atoms with Gasteiger partial charge in [-0.1, -0.05) is 0 Å². The number of nitrogens with zero attached hydrogens (tertiary/aromatic N) is 1. The highest BCUT2D eigenvalue weighted by Gasteiger charge is 2.11. The van der Waals surface area contributed by atoms with Gasteiger partial charge in [-0.2, -0.15) is 11.3 Å². The van der Waals surface area contributed by atoms with Crippen molar-refractivity contribution in [3.05, 3.63) is 46.2 Å². The summed E-state index contributed by atoms with van der Waals surface area (Å²) in [5.74, 6) is 0.586. The second-order valence-electron chi connectivity index (χ2n) is 4.70. The zero-order valence-electron chi connectivity index (χ0n) is 11.6. The van der Waals surface area contributed by atoms with Crippen LogP contribution in [0, 0.1) is 6.92 Å². The Morgan fingerprint density at radius 3 is 2.85 bits per heavy atom. The van der Waals surface area contributed by atoms with Crippen molar-refractivity contribution in [2.24, 2.45) is 0 Å². The van der Waals surface area contributed by atoms with Crippen LogP contribution in [0.1, 0.15) is 11.1 Å². The highest BCUT2D eigenvalue weighted by atomic mass is 32.2. The molecule has 0 aliphatic carbocycles. The molecule has 2 aromatic rings. The first kappa shape index (κ1) is 14.9. The molecule has 0 atom stereocenters. The fraction of sp³-hybridized carbons (Fsp3) is 0.267. The van der Waals surface area contributed by atoms with E-state index < -0.39 is 0 Å². The number of thiophene rings is 1. The number of carbonyl (C=O) groups is 1. The Morgan fingerprint density at radius 2 is 2.20 bits per heavy atom. The number of nitrogen functional groups attached to an aromatic ring is 1. The Balaban J connectivity index is 1.88. The predicted molar refractivity (Wildman–Crippen MR) is 87.1 cm³/mol. The molecular formula is C15H18N2OS2. The first-order chi connectivity index (χ1) is 9.56. The third-order valence-corrected chi connectivity index (χ3v) is 4.87. The summed E-state index contributed by atoms with van der Waals surface area (Å²) in [6, 6.07) is 7.82. The van der Waals surface area contributed by atoms with Crippen LogP contribution in [0.25, 0.3) is 0 Å². The number of hydrogen-bond donors (Lipinski definition) is 1. The number of thioether (sulfide) groups is 1. The molecule has 0 unspecified atom stereocenters. The van der Waals surface area contributed by atoms with Gasteiger partial charge in [0.15, 0.2) is 0 Å². The van der Waals surface area contributed by atoms with E-state index in [0.717, 1.165) is 16.1 Å². The standard InChI is InChI=1S/C15H18N2OS2/c1-11-7-13(16)3-4-14(11)20-10-15(18)17(2)8-12-5-6-19-9-12/h3-7,9H,8,10,16H2,1-2H3. The van der Waals surface area contributed by atoms with E-state index in [1.807, 2.05) is 43.6 Å². The molecule has 0 fully saturated rings. The number of aryl methyl sites for hydroxylation is 1. The number of hydrogen-bond acceptors (Lipinski definition) is 4. The molecule has 20 heavy (non-hydrogen) atoms. The second kappa shape index (κ2) is 6.81. The summed E-state index contributed by atoms with van der Waals surface area (Å²) >= 11 is 3.21. The van der Waals surface area contributed by atoms with Crippen LogP contribution < -0.4 is 5.73 Å². The Hall–Kier alpha value is -1.46. The van der Waals surface area contributed by atoms with Crippen LogP contribution in [0.2, 0.25) is 0 Å². The lowest BCUT2D eigenvalue weighted by Gasteiger charge is -2.16. The van der Waals surface area contributed by atoms with E-state index in [9.17, 15) is 4.79 Å². The van der Waals surface area contributed by atoms with Gasteiger partial charge in [0.2, 0.25) is 5.91 Å². The Morgan fingerprint density at radius 1 is 1.40 bits per heavy atom. The first-order valence-corrected chi connectivity index (χ1v) is 8.23. The van der Waals surface area contributed by atoms with E-state index in [1.54, 1.807) is 28.0 Å². The summed E-state index contributed by atoms with van der Waals surface area (Å²) in [5.41, 5.74) is 8.78. The van der Waals surface area contributed by atoms with Crippen LogP contribution in [0.5, 0.6) is 0 Å². The minimum absolute atomic E-state index is 0.137. The lowest BCUT2D eigenvalue weighted by atomic mass is 10.2. The van der Waals surface area contributed by atoms with Crippen molar-refractivity contribution < 1.29 is 4.79 Å². The average Bonchev–Trinajstić information content (AvgIpc) is 2.90. The topological polar surface area (TPSA) is 46.3 Å². The van der Waals surface area contributed by atoms with Crippen LogP contribution in [0.3, 0.4) is 0 Å². The minimum atomic E-state index is 0.137. The number of benzene rings is 1. The average molecular weight is 306 g/mol. The molecule has 0 aliphatic rings. The molecule has 0 saturated heterocycles. The highest BCUT2D eigenvalue weighted by molar-refractivity contribution is 8.00. The minimum Gasteiger partial charge on any atom is -0.399 e. The van der Waals surface area contributed by atoms with Gasteiger partial charge in [0.05, 0.1) is 5.75 Å². The number of rotatable bonds is 5. The maximum Gasteiger partial charge on any atom is 0.232 e. The monoisotopic (exact) mass is 306 g/mol. The van der Waals surface area contributed by atoms with Crippen molar-refractivity contribution in [1.29, 1.82) is 0 Å². The molecule has 1 aromatic heterocycles. The molecular weight excluding hydrogens is 288 g/mol. The van der Waals surface area contributed by atoms with Crippen LogP contribution in [0.4, 0.5) is 5.69 Å². The zero-order chi connectivity index (χ0) is 14.5. The van der Waals surface area contributed by atoms with Crippen LogP contribution >= 0.6 is 23.1 Å². The smallest absolute Gasteiger partial charge is 0.232 e. The predicted octanol–water partition coefficient (Wildman–Crippen LogP) is 3.39. The van der Waals surface area contributed by atoms with Gasteiger partial charge >= 0.3 is 0 Å². The molecule has 0 aliphatic heterocycles. The van der Waals surface area contributed by atoms with Gasteiger partial charge in [0.25, 0.3) is 0 Å². The van der Waals surface area contributed by atoms with E-state index in [1.165, 1.54) is 5.56 Å². The number of anilines is 1. The maximum atomic E-state index is 12.1. The van der Waals surface area contributed by atoms with Crippen LogP contribution in [-0.4, -0.2) is 23.6 Å². The molecule has 1 aromatic carbocycles. The van der Waals surface area contributed by atoms with Gasteiger partial charge < -0.3 is 10.6 Å². The quantitative estimate of drug-likeness (QED) is 0.680. The van der Waals surface area contributed by atoms with Crippen LogP contribution in [0.15, 0.2) is 39.9 Å². The highest BCUT2D eigenvalue weighted by Crippen LogP contribution is 2.24. The molecule has 0 saturated carbocycles. The molecule has 3 nitrogen and oxygen atoms in total. The van der Waals surface area contributed by atoms with Crippen molar-refractivity contribution in [1.82, 2.24) is 4.90 Å². The molecule has 106 valence electrons. The Labute approximate surface area is 127 Å². The summed E-state index contributed by atoms with van der Waals surface area (Å²) < 4.78 is 0. The van der Waals surface area contributed by atoms with E-state index >= 15 is 0 Å². The van der Waals surface area contributed by atoms with Crippen molar-refractivity contribution in [3.8, 4) is 0 Å². The lowest BCUT2D eigenvalue weighted by Crippen LogP contribution is -2.27. The maximum absolute atomic E-state index is 12.1. The Bertz CT molecular complexity index is 582. The number of nitrogens with two attached hydrogens (primary N) is 1. The molecule has 5 heteroatoms. The fourth-order valence-electron chi connectivity index (χ4n) is 1.83. The van der Waals surface area contributed by atoms with Crippen molar-refractivity contribution in [2.75, 3.05) is 18.5 Å². The summed E-state index contributed by atoms with van der Waals surface area (Å²) in [6.45, 7) is 2.68. The van der Waals surface area contributed by atoms with E-state index in [2.05, 4.69) is 5.38 Å². The second-order valence-corrected chi connectivity index (χ2v) is 6.49. The van der Waals surface area contributed by atoms with E-state index in [4.69, 9.17) is 5.73 Å². The number of carbonyl (C=O) groups excluding carboxylic acids is 1. The van der Waals surface area contributed by atoms with E-state index in [-0.39, 0.29) is 5.91 Å². The normalized spacial score (nSPS) is 10.5. The first-order valence-electron chi connectivity index (χ1n) is 6.30. The molecule has 2 N–H and O–H groups in total. The molecule has 1 amide bonds. The number of amides is 1. The summed E-state index contributed by atoms with van der Waals surface area (Å²) in [4.78, 5) is 15.0. The fourth-order valence-corrected chi connectivity index (χ4v) is 3.44. The summed E-state index contributed by atoms with van der Waals surface area (Å²) in [7, 11) is 1.84. The molecule has 2 rings (SSSR count). The third-order valence-electron chi connectivity index (χ3n) is 2.98. The van der Waals surface area contributed by atoms with Crippen LogP contribution in [-0.2, 0) is 11.3 Å². The van der Waals surface area contributed by atoms with Gasteiger partial charge in [0.1, 0.15) is 0 Å². The summed E-state index contributed by atoms with van der Waals surface area (Å²) in [5, 5.41) is 4.10. The van der Waals surface area contributed by atoms with Crippen molar-refractivity contribution >= 4 is 34.7 Å². The van der Waals surface area contributed by atoms with Gasteiger partial charge in [-0.15, -0.1) is 11.8 Å². The lowest BCUT2D eigenvalue weighted by molar-refractivity contribution is -0.127. The Kier molecular flexibility index (Phi) is 5.09. The molecule has 0 bridgehead atoms. The van der Waals surface area contributed by atoms with Gasteiger partial charge in [-0.05, 0) is 53.1 Å². The van der Waals surface area contributed by atoms with Crippen molar-refractivity contribution in [2.45, 2.75) is 18.4 Å². The zero-order valence-corrected chi connectivity index (χ0v) is 13.3. The van der Waals surface area contributed by atoms with Gasteiger partial charge in [-0.25, -0.2) is 0 Å². The molecule has 0 radical (unpaired) electrons. The van der Waals surface area contributed by atoms with Crippen molar-refractivity contribution in [3.63, 3.8) is 0 Å².